The van der Waals surface area contributed by atoms with E-state index in [1.807, 2.05) is 0 Å². The molecule has 0 aliphatic heterocycles. The Kier molecular flexibility index (Phi) is 3.08. The van der Waals surface area contributed by atoms with Crippen molar-refractivity contribution in [1.82, 2.24) is 4.98 Å². The summed E-state index contributed by atoms with van der Waals surface area (Å²) >= 11 is 0. The number of carbonyl (C=O) groups is 1. The normalized spacial score (nSPS) is 12.5. The van der Waals surface area contributed by atoms with E-state index >= 15 is 0 Å². The first-order valence-electron chi connectivity index (χ1n) is 3.79. The average molecular weight is 202 g/mol. The van der Waals surface area contributed by atoms with E-state index in [4.69, 9.17) is 10.8 Å². The fourth-order valence-electron chi connectivity index (χ4n) is 0.983. The maximum atomic E-state index is 13.0. The molecule has 0 saturated heterocycles. The molecule has 0 unspecified atom stereocenters. The zero-order valence-corrected chi connectivity index (χ0v) is 7.08. The Morgan fingerprint density at radius 2 is 2.29 bits per heavy atom. The summed E-state index contributed by atoms with van der Waals surface area (Å²) in [7, 11) is 0. The molecule has 1 rings (SSSR count). The van der Waals surface area contributed by atoms with Gasteiger partial charge in [0.2, 0.25) is 0 Å². The third-order valence-corrected chi connectivity index (χ3v) is 1.58. The Balaban J connectivity index is 2.90. The lowest BCUT2D eigenvalue weighted by Gasteiger charge is -2.08. The van der Waals surface area contributed by atoms with Crippen LogP contribution in [0.1, 0.15) is 18.2 Å². The third kappa shape index (κ3) is 2.46. The molecule has 6 heteroatoms. The van der Waals surface area contributed by atoms with Crippen LogP contribution in [-0.2, 0) is 4.79 Å². The largest absolute Gasteiger partial charge is 0.481 e. The van der Waals surface area contributed by atoms with E-state index in [1.54, 1.807) is 0 Å². The molecule has 0 amide bonds. The molecule has 1 heterocycles. The van der Waals surface area contributed by atoms with Crippen molar-refractivity contribution in [3.8, 4) is 0 Å². The summed E-state index contributed by atoms with van der Waals surface area (Å²) < 4.78 is 25.4. The van der Waals surface area contributed by atoms with Gasteiger partial charge in [0.05, 0.1) is 24.4 Å². The molecule has 0 saturated carbocycles. The fraction of sp³-hybridized carbons (Fsp3) is 0.250. The number of hydrogen-bond acceptors (Lipinski definition) is 3. The minimum atomic E-state index is -1.16. The van der Waals surface area contributed by atoms with Crippen LogP contribution in [0, 0.1) is 11.6 Å². The predicted octanol–water partition coefficient (Wildman–Crippen LogP) is 0.834. The van der Waals surface area contributed by atoms with E-state index in [-0.39, 0.29) is 5.69 Å². The van der Waals surface area contributed by atoms with Gasteiger partial charge in [-0.2, -0.15) is 0 Å². The molecule has 1 atom stereocenters. The summed E-state index contributed by atoms with van der Waals surface area (Å²) in [4.78, 5) is 13.6. The molecule has 0 spiro atoms. The van der Waals surface area contributed by atoms with Crippen LogP contribution in [0.25, 0.3) is 0 Å². The molecule has 0 aliphatic rings. The molecule has 0 radical (unpaired) electrons. The molecule has 3 N–H and O–H groups in total. The Morgan fingerprint density at radius 1 is 1.64 bits per heavy atom. The summed E-state index contributed by atoms with van der Waals surface area (Å²) in [6, 6.07) is -0.447. The van der Waals surface area contributed by atoms with Crippen LogP contribution in [0.4, 0.5) is 8.78 Å². The topological polar surface area (TPSA) is 76.2 Å². The van der Waals surface area contributed by atoms with Crippen LogP contribution in [0.2, 0.25) is 0 Å². The van der Waals surface area contributed by atoms with E-state index in [2.05, 4.69) is 4.98 Å². The van der Waals surface area contributed by atoms with Gasteiger partial charge in [-0.15, -0.1) is 0 Å². The number of nitrogens with two attached hydrogens (primary N) is 1. The smallest absolute Gasteiger partial charge is 0.305 e. The van der Waals surface area contributed by atoms with E-state index < -0.39 is 30.1 Å². The molecular weight excluding hydrogens is 194 g/mol. The van der Waals surface area contributed by atoms with Crippen LogP contribution in [-0.4, -0.2) is 16.1 Å². The number of pyridine rings is 1. The minimum absolute atomic E-state index is 0.242. The number of carboxylic acids is 1. The summed E-state index contributed by atoms with van der Waals surface area (Å²) in [5.41, 5.74) is 5.10. The lowest BCUT2D eigenvalue weighted by molar-refractivity contribution is -0.137. The standard InChI is InChI=1S/C8H8F2N2O2/c9-4-1-5(10)8(12-3-4)6(11)2-7(13)14/h1,3,6H,2,11H2,(H,13,14)/t6-/m0/s1. The zero-order chi connectivity index (χ0) is 10.7. The first kappa shape index (κ1) is 10.5. The molecule has 0 aliphatic carbocycles. The highest BCUT2D eigenvalue weighted by molar-refractivity contribution is 5.67. The average Bonchev–Trinajstić information content (AvgIpc) is 2.01. The summed E-state index contributed by atoms with van der Waals surface area (Å²) in [5, 5.41) is 8.39. The van der Waals surface area contributed by atoms with Crippen LogP contribution >= 0.6 is 0 Å². The Morgan fingerprint density at radius 3 is 2.79 bits per heavy atom. The highest BCUT2D eigenvalue weighted by Gasteiger charge is 2.16. The molecule has 0 fully saturated rings. The van der Waals surface area contributed by atoms with E-state index in [9.17, 15) is 13.6 Å². The molecule has 14 heavy (non-hydrogen) atoms. The van der Waals surface area contributed by atoms with Crippen LogP contribution in [0.3, 0.4) is 0 Å². The Hall–Kier alpha value is -1.56. The molecule has 1 aromatic heterocycles. The minimum Gasteiger partial charge on any atom is -0.481 e. The van der Waals surface area contributed by atoms with Gasteiger partial charge in [-0.3, -0.25) is 9.78 Å². The zero-order valence-electron chi connectivity index (χ0n) is 7.08. The number of nitrogens with zero attached hydrogens (tertiary/aromatic N) is 1. The van der Waals surface area contributed by atoms with Gasteiger partial charge in [0.1, 0.15) is 11.6 Å². The van der Waals surface area contributed by atoms with Crippen molar-refractivity contribution in [3.05, 3.63) is 29.6 Å². The second kappa shape index (κ2) is 4.10. The number of hydrogen-bond donors (Lipinski definition) is 2. The summed E-state index contributed by atoms with van der Waals surface area (Å²) in [6.07, 6.45) is 0.343. The lowest BCUT2D eigenvalue weighted by atomic mass is 10.1. The maximum Gasteiger partial charge on any atom is 0.305 e. The first-order chi connectivity index (χ1) is 6.50. The third-order valence-electron chi connectivity index (χ3n) is 1.58. The lowest BCUT2D eigenvalue weighted by Crippen LogP contribution is -2.18. The number of aromatic nitrogens is 1. The van der Waals surface area contributed by atoms with Gasteiger partial charge in [-0.1, -0.05) is 0 Å². The molecule has 4 nitrogen and oxygen atoms in total. The Bertz CT molecular complexity index is 357. The van der Waals surface area contributed by atoms with Gasteiger partial charge in [-0.25, -0.2) is 8.78 Å². The quantitative estimate of drug-likeness (QED) is 0.761. The predicted molar refractivity (Wildman–Crippen MR) is 43.3 cm³/mol. The number of rotatable bonds is 3. The summed E-state index contributed by atoms with van der Waals surface area (Å²) in [6.45, 7) is 0. The van der Waals surface area contributed by atoms with Gasteiger partial charge in [0, 0.05) is 6.07 Å². The van der Waals surface area contributed by atoms with Gasteiger partial charge < -0.3 is 10.8 Å². The highest BCUT2D eigenvalue weighted by atomic mass is 19.1. The number of aliphatic carboxylic acids is 1. The molecule has 0 bridgehead atoms. The van der Waals surface area contributed by atoms with Gasteiger partial charge in [0.25, 0.3) is 0 Å². The highest BCUT2D eigenvalue weighted by Crippen LogP contribution is 2.15. The van der Waals surface area contributed by atoms with Crippen LogP contribution in [0.5, 0.6) is 0 Å². The van der Waals surface area contributed by atoms with Crippen molar-refractivity contribution in [1.29, 1.82) is 0 Å². The molecule has 1 aromatic rings. The Labute approximate surface area is 78.4 Å². The van der Waals surface area contributed by atoms with E-state index in [1.165, 1.54) is 0 Å². The van der Waals surface area contributed by atoms with E-state index in [0.717, 1.165) is 6.20 Å². The number of carboxylic acid groups (broad SMARTS) is 1. The van der Waals surface area contributed by atoms with Crippen molar-refractivity contribution in [2.45, 2.75) is 12.5 Å². The maximum absolute atomic E-state index is 13.0. The van der Waals surface area contributed by atoms with Crippen molar-refractivity contribution in [3.63, 3.8) is 0 Å². The fourth-order valence-corrected chi connectivity index (χ4v) is 0.983. The van der Waals surface area contributed by atoms with Gasteiger partial charge >= 0.3 is 5.97 Å². The van der Waals surface area contributed by atoms with Crippen LogP contribution < -0.4 is 5.73 Å². The second-order valence-corrected chi connectivity index (χ2v) is 2.72. The molecule has 0 aromatic carbocycles. The van der Waals surface area contributed by atoms with Gasteiger partial charge in [-0.05, 0) is 0 Å². The van der Waals surface area contributed by atoms with Crippen molar-refractivity contribution in [2.24, 2.45) is 5.73 Å². The monoisotopic (exact) mass is 202 g/mol. The molecule has 76 valence electrons. The second-order valence-electron chi connectivity index (χ2n) is 2.72. The SMILES string of the molecule is N[C@@H](CC(=O)O)c1ncc(F)cc1F. The molecular formula is C8H8F2N2O2. The van der Waals surface area contributed by atoms with Crippen molar-refractivity contribution in [2.75, 3.05) is 0 Å². The summed E-state index contributed by atoms with van der Waals surface area (Å²) in [5.74, 6) is -2.92. The first-order valence-corrected chi connectivity index (χ1v) is 3.79. The number of halogens is 2. The van der Waals surface area contributed by atoms with Crippen LogP contribution in [0.15, 0.2) is 12.3 Å². The van der Waals surface area contributed by atoms with Crippen molar-refractivity contribution < 1.29 is 18.7 Å². The van der Waals surface area contributed by atoms with Crippen molar-refractivity contribution >= 4 is 5.97 Å². The van der Waals surface area contributed by atoms with E-state index in [0.29, 0.717) is 6.07 Å². The van der Waals surface area contributed by atoms with Gasteiger partial charge in [0.15, 0.2) is 0 Å².